The van der Waals surface area contributed by atoms with E-state index in [-0.39, 0.29) is 24.3 Å². The van der Waals surface area contributed by atoms with Crippen LogP contribution in [-0.2, 0) is 24.3 Å². The summed E-state index contributed by atoms with van der Waals surface area (Å²) in [5, 5.41) is 8.86. The third-order valence-corrected chi connectivity index (χ3v) is 4.44. The fraction of sp³-hybridized carbons (Fsp3) is 0.136. The van der Waals surface area contributed by atoms with Gasteiger partial charge in [-0.15, -0.1) is 0 Å². The van der Waals surface area contributed by atoms with Gasteiger partial charge in [0.2, 0.25) is 0 Å². The zero-order valence-corrected chi connectivity index (χ0v) is 15.6. The molecule has 146 valence electrons. The second kappa shape index (κ2) is 9.44. The van der Waals surface area contributed by atoms with Gasteiger partial charge in [0, 0.05) is 12.4 Å². The van der Waals surface area contributed by atoms with E-state index in [1.54, 1.807) is 24.5 Å². The van der Waals surface area contributed by atoms with Crippen LogP contribution < -0.4 is 11.2 Å². The summed E-state index contributed by atoms with van der Waals surface area (Å²) in [7, 11) is 0. The van der Waals surface area contributed by atoms with E-state index in [9.17, 15) is 9.18 Å². The molecule has 0 aliphatic carbocycles. The van der Waals surface area contributed by atoms with Crippen molar-refractivity contribution in [3.05, 3.63) is 94.6 Å². The maximum Gasteiger partial charge on any atom is 0.277 e. The molecule has 3 N–H and O–H groups in total. The number of carbonyl (C=O) groups is 1. The maximum absolute atomic E-state index is 14.6. The molecule has 7 heteroatoms. The standard InChI is InChI=1S/C22H19FN4O2/c23-20-19(6-5-17(21(20)25)13-15-8-11-26-12-9-15)22(28)27-29-14-18-4-2-1-3-16(18)7-10-24/h1-6,8-9,11-12H,7,13-14,25H2,(H,27,28). The van der Waals surface area contributed by atoms with Gasteiger partial charge in [-0.3, -0.25) is 14.6 Å². The summed E-state index contributed by atoms with van der Waals surface area (Å²) >= 11 is 0. The fourth-order valence-corrected chi connectivity index (χ4v) is 2.87. The van der Waals surface area contributed by atoms with Gasteiger partial charge < -0.3 is 5.73 Å². The van der Waals surface area contributed by atoms with Gasteiger partial charge in [-0.25, -0.2) is 9.87 Å². The maximum atomic E-state index is 14.6. The van der Waals surface area contributed by atoms with E-state index in [0.717, 1.165) is 16.7 Å². The zero-order valence-electron chi connectivity index (χ0n) is 15.6. The van der Waals surface area contributed by atoms with Crippen LogP contribution in [0.5, 0.6) is 0 Å². The molecule has 0 aliphatic rings. The molecule has 0 unspecified atom stereocenters. The minimum atomic E-state index is -0.789. The smallest absolute Gasteiger partial charge is 0.277 e. The van der Waals surface area contributed by atoms with Crippen LogP contribution >= 0.6 is 0 Å². The highest BCUT2D eigenvalue weighted by molar-refractivity contribution is 5.95. The monoisotopic (exact) mass is 390 g/mol. The number of nitrogens with zero attached hydrogens (tertiary/aromatic N) is 2. The average Bonchev–Trinajstić information content (AvgIpc) is 2.73. The molecule has 0 radical (unpaired) electrons. The number of nitrogens with two attached hydrogens (primary N) is 1. The number of aromatic nitrogens is 1. The van der Waals surface area contributed by atoms with Crippen molar-refractivity contribution in [3.8, 4) is 6.07 Å². The molecule has 2 aromatic carbocycles. The highest BCUT2D eigenvalue weighted by Crippen LogP contribution is 2.23. The first kappa shape index (κ1) is 20.0. The lowest BCUT2D eigenvalue weighted by atomic mass is 10.0. The van der Waals surface area contributed by atoms with Crippen molar-refractivity contribution in [2.24, 2.45) is 0 Å². The minimum absolute atomic E-state index is 0.0564. The Hall–Kier alpha value is -3.76. The molecule has 0 aliphatic heterocycles. The Bertz CT molecular complexity index is 1050. The average molecular weight is 390 g/mol. The van der Waals surface area contributed by atoms with Crippen molar-refractivity contribution < 1.29 is 14.0 Å². The number of amides is 1. The Balaban J connectivity index is 1.65. The van der Waals surface area contributed by atoms with E-state index in [2.05, 4.69) is 16.5 Å². The summed E-state index contributed by atoms with van der Waals surface area (Å²) in [6, 6.07) is 15.9. The van der Waals surface area contributed by atoms with Gasteiger partial charge in [0.25, 0.3) is 5.91 Å². The lowest BCUT2D eigenvalue weighted by molar-refractivity contribution is 0.0228. The van der Waals surface area contributed by atoms with Crippen LogP contribution in [0.3, 0.4) is 0 Å². The van der Waals surface area contributed by atoms with Crippen LogP contribution in [0.15, 0.2) is 60.9 Å². The molecule has 3 aromatic rings. The number of hydrogen-bond donors (Lipinski definition) is 2. The molecular formula is C22H19FN4O2. The first-order valence-electron chi connectivity index (χ1n) is 8.91. The van der Waals surface area contributed by atoms with Crippen molar-refractivity contribution in [3.63, 3.8) is 0 Å². The van der Waals surface area contributed by atoms with Gasteiger partial charge in [-0.2, -0.15) is 5.26 Å². The quantitative estimate of drug-likeness (QED) is 0.476. The van der Waals surface area contributed by atoms with E-state index in [0.29, 0.717) is 12.0 Å². The number of hydroxylamine groups is 1. The molecule has 0 saturated carbocycles. The largest absolute Gasteiger partial charge is 0.396 e. The predicted molar refractivity (Wildman–Crippen MR) is 106 cm³/mol. The predicted octanol–water partition coefficient (Wildman–Crippen LogP) is 3.32. The summed E-state index contributed by atoms with van der Waals surface area (Å²) in [5.41, 5.74) is 10.9. The molecular weight excluding hydrogens is 371 g/mol. The highest BCUT2D eigenvalue weighted by Gasteiger charge is 2.17. The Labute approximate surface area is 167 Å². The SMILES string of the molecule is N#CCc1ccccc1CONC(=O)c1ccc(Cc2ccncc2)c(N)c1F. The molecule has 0 spiro atoms. The minimum Gasteiger partial charge on any atom is -0.396 e. The molecule has 0 bridgehead atoms. The fourth-order valence-electron chi connectivity index (χ4n) is 2.87. The third kappa shape index (κ3) is 4.94. The number of rotatable bonds is 7. The van der Waals surface area contributed by atoms with Gasteiger partial charge in [-0.1, -0.05) is 30.3 Å². The van der Waals surface area contributed by atoms with Crippen molar-refractivity contribution in [2.45, 2.75) is 19.4 Å². The van der Waals surface area contributed by atoms with E-state index in [1.807, 2.05) is 30.3 Å². The number of hydrogen-bond acceptors (Lipinski definition) is 5. The highest BCUT2D eigenvalue weighted by atomic mass is 19.1. The van der Waals surface area contributed by atoms with Crippen LogP contribution in [0.4, 0.5) is 10.1 Å². The summed E-state index contributed by atoms with van der Waals surface area (Å²) in [6.45, 7) is 0.0564. The van der Waals surface area contributed by atoms with E-state index in [4.69, 9.17) is 15.8 Å². The van der Waals surface area contributed by atoms with Gasteiger partial charge in [-0.05, 0) is 46.9 Å². The van der Waals surface area contributed by atoms with Gasteiger partial charge in [0.05, 0.1) is 23.7 Å². The summed E-state index contributed by atoms with van der Waals surface area (Å²) in [5.74, 6) is -1.52. The number of anilines is 1. The van der Waals surface area contributed by atoms with Gasteiger partial charge in [0.1, 0.15) is 6.61 Å². The number of halogens is 1. The molecule has 3 rings (SSSR count). The van der Waals surface area contributed by atoms with E-state index in [1.165, 1.54) is 6.07 Å². The van der Waals surface area contributed by atoms with Crippen molar-refractivity contribution in [2.75, 3.05) is 5.73 Å². The molecule has 1 aromatic heterocycles. The normalized spacial score (nSPS) is 10.3. The van der Waals surface area contributed by atoms with E-state index < -0.39 is 11.7 Å². The third-order valence-electron chi connectivity index (χ3n) is 4.44. The molecule has 6 nitrogen and oxygen atoms in total. The van der Waals surface area contributed by atoms with E-state index >= 15 is 0 Å². The first-order valence-corrected chi connectivity index (χ1v) is 8.91. The molecule has 1 heterocycles. The number of pyridine rings is 1. The van der Waals surface area contributed by atoms with Crippen molar-refractivity contribution >= 4 is 11.6 Å². The number of nitrogen functional groups attached to an aromatic ring is 1. The molecule has 0 atom stereocenters. The number of carbonyl (C=O) groups excluding carboxylic acids is 1. The molecule has 29 heavy (non-hydrogen) atoms. The summed E-state index contributed by atoms with van der Waals surface area (Å²) in [4.78, 5) is 21.5. The summed E-state index contributed by atoms with van der Waals surface area (Å²) in [6.07, 6.45) is 3.96. The second-order valence-corrected chi connectivity index (χ2v) is 6.36. The van der Waals surface area contributed by atoms with Crippen molar-refractivity contribution in [1.29, 1.82) is 5.26 Å². The van der Waals surface area contributed by atoms with Crippen LogP contribution in [0.25, 0.3) is 0 Å². The number of nitriles is 1. The Morgan fingerprint density at radius 2 is 1.83 bits per heavy atom. The molecule has 0 saturated heterocycles. The van der Waals surface area contributed by atoms with Crippen molar-refractivity contribution in [1.82, 2.24) is 10.5 Å². The number of nitrogens with one attached hydrogen (secondary N) is 1. The lowest BCUT2D eigenvalue weighted by Crippen LogP contribution is -2.25. The van der Waals surface area contributed by atoms with Crippen LogP contribution in [0.1, 0.15) is 32.6 Å². The Morgan fingerprint density at radius 3 is 2.55 bits per heavy atom. The van der Waals surface area contributed by atoms with Gasteiger partial charge >= 0.3 is 0 Å². The summed E-state index contributed by atoms with van der Waals surface area (Å²) < 4.78 is 14.6. The first-order chi connectivity index (χ1) is 14.1. The molecule has 0 fully saturated rings. The van der Waals surface area contributed by atoms with Gasteiger partial charge in [0.15, 0.2) is 5.82 Å². The topological polar surface area (TPSA) is 101 Å². The van der Waals surface area contributed by atoms with Crippen LogP contribution in [0, 0.1) is 17.1 Å². The number of benzene rings is 2. The molecule has 1 amide bonds. The Morgan fingerprint density at radius 1 is 1.10 bits per heavy atom. The second-order valence-electron chi connectivity index (χ2n) is 6.36. The lowest BCUT2D eigenvalue weighted by Gasteiger charge is -2.12. The zero-order chi connectivity index (χ0) is 20.6. The Kier molecular flexibility index (Phi) is 6.51. The van der Waals surface area contributed by atoms with Crippen LogP contribution in [0.2, 0.25) is 0 Å². The van der Waals surface area contributed by atoms with Crippen LogP contribution in [-0.4, -0.2) is 10.9 Å².